The molecule has 1 N–H and O–H groups in total. The van der Waals surface area contributed by atoms with Gasteiger partial charge in [0.1, 0.15) is 11.5 Å². The van der Waals surface area contributed by atoms with Gasteiger partial charge in [0, 0.05) is 12.2 Å². The number of nitrogens with zero attached hydrogens (tertiary/aromatic N) is 2. The van der Waals surface area contributed by atoms with Crippen molar-refractivity contribution in [2.75, 3.05) is 18.0 Å². The lowest BCUT2D eigenvalue weighted by molar-refractivity contribution is -0.119. The standard InChI is InChI=1S/C17H19N3O2/c1-13-8-9-15(22-13)11-18-19-17(21)12-20-10-4-6-14-5-2-3-7-16(14)20/h2-3,5,7-9,11H,4,6,10,12H2,1H3,(H,19,21)/b18-11+. The molecule has 0 saturated carbocycles. The molecule has 2 aromatic rings. The fourth-order valence-electron chi connectivity index (χ4n) is 2.68. The van der Waals surface area contributed by atoms with Crippen LogP contribution in [0, 0.1) is 6.92 Å². The highest BCUT2D eigenvalue weighted by Gasteiger charge is 2.18. The van der Waals surface area contributed by atoms with Gasteiger partial charge in [0.25, 0.3) is 5.91 Å². The number of rotatable bonds is 4. The second kappa shape index (κ2) is 6.47. The number of aryl methyl sites for hydroxylation is 2. The molecule has 114 valence electrons. The second-order valence-electron chi connectivity index (χ2n) is 5.40. The van der Waals surface area contributed by atoms with Crippen LogP contribution in [0.15, 0.2) is 45.9 Å². The molecule has 3 rings (SSSR count). The Balaban J connectivity index is 1.57. The largest absolute Gasteiger partial charge is 0.460 e. The van der Waals surface area contributed by atoms with Crippen LogP contribution in [0.1, 0.15) is 23.5 Å². The SMILES string of the molecule is Cc1ccc(/C=N/NC(=O)CN2CCCc3ccccc32)o1. The zero-order valence-corrected chi connectivity index (χ0v) is 12.6. The van der Waals surface area contributed by atoms with Gasteiger partial charge in [-0.25, -0.2) is 5.43 Å². The Morgan fingerprint density at radius 2 is 2.23 bits per heavy atom. The molecule has 0 unspecified atom stereocenters. The number of carbonyl (C=O) groups excluding carboxylic acids is 1. The third-order valence-corrected chi connectivity index (χ3v) is 3.68. The van der Waals surface area contributed by atoms with E-state index >= 15 is 0 Å². The number of hydrogen-bond donors (Lipinski definition) is 1. The van der Waals surface area contributed by atoms with E-state index < -0.39 is 0 Å². The second-order valence-corrected chi connectivity index (χ2v) is 5.40. The van der Waals surface area contributed by atoms with Crippen molar-refractivity contribution in [2.24, 2.45) is 5.10 Å². The highest BCUT2D eigenvalue weighted by molar-refractivity contribution is 5.83. The number of anilines is 1. The van der Waals surface area contributed by atoms with Crippen molar-refractivity contribution in [2.45, 2.75) is 19.8 Å². The first-order valence-corrected chi connectivity index (χ1v) is 7.43. The maximum atomic E-state index is 12.0. The van der Waals surface area contributed by atoms with Crippen LogP contribution in [0.3, 0.4) is 0 Å². The van der Waals surface area contributed by atoms with Crippen LogP contribution in [0.25, 0.3) is 0 Å². The van der Waals surface area contributed by atoms with Crippen molar-refractivity contribution < 1.29 is 9.21 Å². The molecule has 0 saturated heterocycles. The van der Waals surface area contributed by atoms with Crippen LogP contribution in [0.5, 0.6) is 0 Å². The number of benzene rings is 1. The van der Waals surface area contributed by atoms with Crippen LogP contribution >= 0.6 is 0 Å². The van der Waals surface area contributed by atoms with Crippen molar-refractivity contribution in [3.05, 3.63) is 53.5 Å². The van der Waals surface area contributed by atoms with Crippen LogP contribution in [-0.4, -0.2) is 25.2 Å². The van der Waals surface area contributed by atoms with Crippen molar-refractivity contribution in [3.63, 3.8) is 0 Å². The van der Waals surface area contributed by atoms with Gasteiger partial charge in [-0.15, -0.1) is 0 Å². The zero-order valence-electron chi connectivity index (χ0n) is 12.6. The highest BCUT2D eigenvalue weighted by Crippen LogP contribution is 2.26. The summed E-state index contributed by atoms with van der Waals surface area (Å²) in [4.78, 5) is 14.1. The van der Waals surface area contributed by atoms with Crippen molar-refractivity contribution in [1.29, 1.82) is 0 Å². The fraction of sp³-hybridized carbons (Fsp3) is 0.294. The smallest absolute Gasteiger partial charge is 0.259 e. The molecule has 0 bridgehead atoms. The zero-order chi connectivity index (χ0) is 15.4. The van der Waals surface area contributed by atoms with E-state index in [1.54, 1.807) is 0 Å². The van der Waals surface area contributed by atoms with Gasteiger partial charge in [0.05, 0.1) is 12.8 Å². The Labute approximate surface area is 129 Å². The fourth-order valence-corrected chi connectivity index (χ4v) is 2.68. The minimum Gasteiger partial charge on any atom is -0.460 e. The molecule has 0 spiro atoms. The van der Waals surface area contributed by atoms with Crippen molar-refractivity contribution in [3.8, 4) is 0 Å². The Bertz CT molecular complexity index is 691. The number of furan rings is 1. The maximum absolute atomic E-state index is 12.0. The van der Waals surface area contributed by atoms with Crippen LogP contribution < -0.4 is 10.3 Å². The highest BCUT2D eigenvalue weighted by atomic mass is 16.3. The van der Waals surface area contributed by atoms with Gasteiger partial charge in [0.15, 0.2) is 0 Å². The van der Waals surface area contributed by atoms with E-state index in [1.807, 2.05) is 31.2 Å². The molecule has 1 amide bonds. The topological polar surface area (TPSA) is 57.8 Å². The van der Waals surface area contributed by atoms with Gasteiger partial charge in [-0.3, -0.25) is 4.79 Å². The molecule has 2 heterocycles. The van der Waals surface area contributed by atoms with Crippen LogP contribution in [0.2, 0.25) is 0 Å². The first-order valence-electron chi connectivity index (χ1n) is 7.43. The molecule has 1 aromatic carbocycles. The molecule has 5 heteroatoms. The van der Waals surface area contributed by atoms with E-state index in [-0.39, 0.29) is 5.91 Å². The van der Waals surface area contributed by atoms with E-state index in [9.17, 15) is 4.79 Å². The molecule has 0 fully saturated rings. The van der Waals surface area contributed by atoms with Crippen molar-refractivity contribution in [1.82, 2.24) is 5.43 Å². The summed E-state index contributed by atoms with van der Waals surface area (Å²) in [5.74, 6) is 1.31. The summed E-state index contributed by atoms with van der Waals surface area (Å²) in [6, 6.07) is 11.9. The predicted octanol–water partition coefficient (Wildman–Crippen LogP) is 2.49. The van der Waals surface area contributed by atoms with E-state index in [0.717, 1.165) is 30.8 Å². The maximum Gasteiger partial charge on any atom is 0.259 e. The lowest BCUT2D eigenvalue weighted by atomic mass is 10.0. The Hall–Kier alpha value is -2.56. The molecule has 1 aromatic heterocycles. The lowest BCUT2D eigenvalue weighted by Gasteiger charge is -2.30. The number of carbonyl (C=O) groups is 1. The van der Waals surface area contributed by atoms with E-state index in [2.05, 4.69) is 27.6 Å². The number of amides is 1. The summed E-state index contributed by atoms with van der Waals surface area (Å²) in [5, 5.41) is 3.93. The Kier molecular flexibility index (Phi) is 4.23. The number of hydrogen-bond acceptors (Lipinski definition) is 4. The first-order chi connectivity index (χ1) is 10.7. The van der Waals surface area contributed by atoms with Gasteiger partial charge in [0.2, 0.25) is 0 Å². The molecule has 0 atom stereocenters. The van der Waals surface area contributed by atoms with Gasteiger partial charge >= 0.3 is 0 Å². The summed E-state index contributed by atoms with van der Waals surface area (Å²) < 4.78 is 5.35. The monoisotopic (exact) mass is 297 g/mol. The average Bonchev–Trinajstić information content (AvgIpc) is 2.93. The molecular formula is C17H19N3O2. The molecular weight excluding hydrogens is 278 g/mol. The number of para-hydroxylation sites is 1. The summed E-state index contributed by atoms with van der Waals surface area (Å²) in [5.41, 5.74) is 5.00. The van der Waals surface area contributed by atoms with E-state index in [4.69, 9.17) is 4.42 Å². The molecule has 1 aliphatic heterocycles. The third-order valence-electron chi connectivity index (χ3n) is 3.68. The summed E-state index contributed by atoms with van der Waals surface area (Å²) in [7, 11) is 0. The predicted molar refractivity (Wildman–Crippen MR) is 86.2 cm³/mol. The lowest BCUT2D eigenvalue weighted by Crippen LogP contribution is -2.38. The average molecular weight is 297 g/mol. The first kappa shape index (κ1) is 14.4. The molecule has 1 aliphatic rings. The van der Waals surface area contributed by atoms with Gasteiger partial charge in [-0.05, 0) is 43.5 Å². The van der Waals surface area contributed by atoms with Gasteiger partial charge in [-0.2, -0.15) is 5.10 Å². The van der Waals surface area contributed by atoms with Crippen LogP contribution in [-0.2, 0) is 11.2 Å². The number of hydrazone groups is 1. The van der Waals surface area contributed by atoms with E-state index in [0.29, 0.717) is 12.3 Å². The van der Waals surface area contributed by atoms with Crippen molar-refractivity contribution >= 4 is 17.8 Å². The van der Waals surface area contributed by atoms with Gasteiger partial charge < -0.3 is 9.32 Å². The number of nitrogens with one attached hydrogen (secondary N) is 1. The molecule has 22 heavy (non-hydrogen) atoms. The van der Waals surface area contributed by atoms with Gasteiger partial charge in [-0.1, -0.05) is 18.2 Å². The number of fused-ring (bicyclic) bond motifs is 1. The quantitative estimate of drug-likeness (QED) is 0.697. The summed E-state index contributed by atoms with van der Waals surface area (Å²) in [6.07, 6.45) is 3.65. The normalized spacial score (nSPS) is 14.1. The molecule has 0 radical (unpaired) electrons. The minimum atomic E-state index is -0.128. The molecule has 5 nitrogen and oxygen atoms in total. The summed E-state index contributed by atoms with van der Waals surface area (Å²) >= 11 is 0. The van der Waals surface area contributed by atoms with E-state index in [1.165, 1.54) is 11.8 Å². The third kappa shape index (κ3) is 3.36. The summed E-state index contributed by atoms with van der Waals surface area (Å²) in [6.45, 7) is 3.07. The Morgan fingerprint density at radius 3 is 3.05 bits per heavy atom. The molecule has 0 aliphatic carbocycles. The Morgan fingerprint density at radius 1 is 1.36 bits per heavy atom. The minimum absolute atomic E-state index is 0.128. The van der Waals surface area contributed by atoms with Crippen LogP contribution in [0.4, 0.5) is 5.69 Å².